The summed E-state index contributed by atoms with van der Waals surface area (Å²) in [4.78, 5) is 22.3. The van der Waals surface area contributed by atoms with E-state index in [1.165, 1.54) is 13.1 Å². The van der Waals surface area contributed by atoms with Gasteiger partial charge in [-0.2, -0.15) is 13.2 Å². The number of carbonyl (C=O) groups is 2. The molecule has 0 amide bonds. The molecule has 1 unspecified atom stereocenters. The summed E-state index contributed by atoms with van der Waals surface area (Å²) in [5.74, 6) is -1.81. The molecule has 3 aliphatic rings. The van der Waals surface area contributed by atoms with Gasteiger partial charge in [0.25, 0.3) is 0 Å². The van der Waals surface area contributed by atoms with Crippen molar-refractivity contribution in [1.29, 1.82) is 0 Å². The van der Waals surface area contributed by atoms with Crippen molar-refractivity contribution < 1.29 is 41.8 Å². The van der Waals surface area contributed by atoms with E-state index in [9.17, 15) is 18.0 Å². The van der Waals surface area contributed by atoms with Crippen LogP contribution in [0.4, 0.5) is 18.9 Å². The first kappa shape index (κ1) is 30.9. The molecule has 6 rings (SSSR count). The number of alkyl halides is 3. The Bertz CT molecular complexity index is 1270. The third kappa shape index (κ3) is 8.72. The molecule has 2 atom stereocenters. The number of para-hydroxylation sites is 2. The molecule has 0 aromatic heterocycles. The van der Waals surface area contributed by atoms with Crippen molar-refractivity contribution in [2.45, 2.75) is 37.6 Å². The molecule has 3 fully saturated rings. The van der Waals surface area contributed by atoms with Crippen LogP contribution in [0.1, 0.15) is 30.9 Å². The Morgan fingerprint density at radius 3 is 2.02 bits per heavy atom. The molecule has 224 valence electrons. The van der Waals surface area contributed by atoms with Crippen molar-refractivity contribution in [3.63, 3.8) is 0 Å². The number of benzene rings is 3. The number of carboxylic acid groups (broad SMARTS) is 1. The number of fused-ring (bicyclic) bond motifs is 3. The van der Waals surface area contributed by atoms with Crippen LogP contribution >= 0.6 is 0 Å². The molecular weight excluding hydrogens is 549 g/mol. The molecule has 3 aliphatic heterocycles. The van der Waals surface area contributed by atoms with Gasteiger partial charge in [-0.1, -0.05) is 66.7 Å². The second-order valence-electron chi connectivity index (χ2n) is 10.7. The third-order valence-electron chi connectivity index (χ3n) is 7.78. The van der Waals surface area contributed by atoms with Gasteiger partial charge in [-0.15, -0.1) is 0 Å². The van der Waals surface area contributed by atoms with Crippen LogP contribution in [-0.4, -0.2) is 61.5 Å². The summed E-state index contributed by atoms with van der Waals surface area (Å²) in [6.45, 7) is 5.05. The summed E-state index contributed by atoms with van der Waals surface area (Å²) in [5.41, 5.74) is 1.83. The van der Waals surface area contributed by atoms with Gasteiger partial charge < -0.3 is 29.2 Å². The van der Waals surface area contributed by atoms with Crippen LogP contribution < -0.4 is 15.2 Å². The lowest BCUT2D eigenvalue weighted by Gasteiger charge is -2.52. The Morgan fingerprint density at radius 2 is 1.45 bits per heavy atom. The van der Waals surface area contributed by atoms with Crippen LogP contribution in [0, 0.1) is 5.92 Å². The number of carboxylic acids is 1. The smallest absolute Gasteiger partial charge is 0.430 e. The van der Waals surface area contributed by atoms with Gasteiger partial charge in [0.1, 0.15) is 18.3 Å². The molecule has 42 heavy (non-hydrogen) atoms. The maximum atomic E-state index is 13.5. The largest absolute Gasteiger partial charge is 0.542 e. The van der Waals surface area contributed by atoms with Crippen molar-refractivity contribution in [2.24, 2.45) is 5.92 Å². The summed E-state index contributed by atoms with van der Waals surface area (Å²) in [6.07, 6.45) is -1.97. The maximum Gasteiger partial charge on any atom is 0.430 e. The predicted octanol–water partition coefficient (Wildman–Crippen LogP) is 4.76. The highest BCUT2D eigenvalue weighted by molar-refractivity contribution is 5.81. The number of piperidine rings is 3. The average molecular weight is 585 g/mol. The Labute approximate surface area is 243 Å². The lowest BCUT2D eigenvalue weighted by atomic mass is 9.83. The van der Waals surface area contributed by atoms with E-state index < -0.39 is 18.2 Å². The van der Waals surface area contributed by atoms with Gasteiger partial charge in [0.2, 0.25) is 0 Å². The number of esters is 1. The van der Waals surface area contributed by atoms with Crippen molar-refractivity contribution in [2.75, 3.05) is 38.1 Å². The summed E-state index contributed by atoms with van der Waals surface area (Å²) < 4.78 is 44.8. The van der Waals surface area contributed by atoms with Crippen molar-refractivity contribution in [3.8, 4) is 5.75 Å². The zero-order chi connectivity index (χ0) is 30.0. The van der Waals surface area contributed by atoms with E-state index in [4.69, 9.17) is 19.4 Å². The molecule has 0 saturated carbocycles. The van der Waals surface area contributed by atoms with Gasteiger partial charge in [0.15, 0.2) is 12.1 Å². The normalized spacial score (nSPS) is 21.8. The Kier molecular flexibility index (Phi) is 10.5. The highest BCUT2D eigenvalue weighted by Crippen LogP contribution is 2.36. The third-order valence-corrected chi connectivity index (χ3v) is 7.78. The highest BCUT2D eigenvalue weighted by atomic mass is 19.4. The summed E-state index contributed by atoms with van der Waals surface area (Å²) in [5, 5.41) is 12.2. The fourth-order valence-corrected chi connectivity index (χ4v) is 5.62. The van der Waals surface area contributed by atoms with Crippen molar-refractivity contribution >= 4 is 17.6 Å². The number of halogens is 3. The number of rotatable bonds is 10. The van der Waals surface area contributed by atoms with Crippen LogP contribution in [0.2, 0.25) is 0 Å². The molecule has 7 nitrogen and oxygen atoms in total. The maximum absolute atomic E-state index is 13.5. The molecule has 10 heteroatoms. The Morgan fingerprint density at radius 1 is 0.905 bits per heavy atom. The fourth-order valence-electron chi connectivity index (χ4n) is 5.62. The fraction of sp³-hybridized carbons (Fsp3) is 0.375. The van der Waals surface area contributed by atoms with E-state index in [1.807, 2.05) is 91.0 Å². The summed E-state index contributed by atoms with van der Waals surface area (Å²) >= 11 is 0. The van der Waals surface area contributed by atoms with Crippen LogP contribution in [-0.2, 0) is 14.3 Å². The molecule has 0 aliphatic carbocycles. The van der Waals surface area contributed by atoms with E-state index >= 15 is 0 Å². The van der Waals surface area contributed by atoms with Crippen LogP contribution in [0.25, 0.3) is 0 Å². The second kappa shape index (κ2) is 14.2. The number of hydrogen-bond donors (Lipinski definition) is 1. The van der Waals surface area contributed by atoms with Gasteiger partial charge in [0, 0.05) is 30.9 Å². The van der Waals surface area contributed by atoms with Gasteiger partial charge in [-0.25, -0.2) is 4.79 Å². The first-order chi connectivity index (χ1) is 20.2. The molecule has 2 bridgehead atoms. The topological polar surface area (TPSA) is 87.7 Å². The van der Waals surface area contributed by atoms with E-state index in [0.29, 0.717) is 5.92 Å². The minimum Gasteiger partial charge on any atom is -0.542 e. The number of anilines is 1. The van der Waals surface area contributed by atoms with Gasteiger partial charge >= 0.3 is 12.1 Å². The first-order valence-corrected chi connectivity index (χ1v) is 14.0. The summed E-state index contributed by atoms with van der Waals surface area (Å²) in [7, 11) is 0. The van der Waals surface area contributed by atoms with E-state index in [-0.39, 0.29) is 12.1 Å². The van der Waals surface area contributed by atoms with Crippen LogP contribution in [0.5, 0.6) is 5.75 Å². The lowest BCUT2D eigenvalue weighted by molar-refractivity contribution is -0.946. The van der Waals surface area contributed by atoms with E-state index in [2.05, 4.69) is 5.32 Å². The molecule has 0 spiro atoms. The Hall–Kier alpha value is -4.05. The van der Waals surface area contributed by atoms with Crippen LogP contribution in [0.15, 0.2) is 91.0 Å². The predicted molar refractivity (Wildman–Crippen MR) is 149 cm³/mol. The zero-order valence-electron chi connectivity index (χ0n) is 23.2. The highest BCUT2D eigenvalue weighted by Gasteiger charge is 2.47. The molecule has 3 aromatic carbocycles. The minimum absolute atomic E-state index is 0.0242. The van der Waals surface area contributed by atoms with Gasteiger partial charge in [-0.3, -0.25) is 0 Å². The zero-order valence-corrected chi connectivity index (χ0v) is 23.2. The van der Waals surface area contributed by atoms with Gasteiger partial charge in [-0.05, 0) is 29.8 Å². The molecule has 0 radical (unpaired) electrons. The van der Waals surface area contributed by atoms with Crippen LogP contribution in [0.3, 0.4) is 0 Å². The number of carbonyl (C=O) groups excluding carboxylic acids is 2. The molecular formula is C32H35F3N2O5. The second-order valence-corrected chi connectivity index (χ2v) is 10.7. The summed E-state index contributed by atoms with van der Waals surface area (Å²) in [6, 6.07) is 29.2. The molecule has 3 saturated heterocycles. The monoisotopic (exact) mass is 584 g/mol. The molecule has 1 N–H and O–H groups in total. The minimum atomic E-state index is -5.19. The number of hydrogen-bond acceptors (Lipinski definition) is 6. The van der Waals surface area contributed by atoms with E-state index in [0.717, 1.165) is 60.4 Å². The standard InChI is InChI=1S/C30H35N2O3.C2HF3O2/c33-30(29(25-11-4-1-5-12-25)31-26-13-6-2-7-14-26)35-28-23-32(20-17-24(28)18-21-32)19-10-22-34-27-15-8-3-9-16-27;3-2(4,5)1(6)7/h1-9,11-16,24,28-29,31H,10,17-23H2;(H,6,7)/q+1;/p-1/t24?,28-,29?,32?;/m0./s1. The molecule has 3 heterocycles. The lowest BCUT2D eigenvalue weighted by Crippen LogP contribution is -2.64. The van der Waals surface area contributed by atoms with E-state index in [1.54, 1.807) is 0 Å². The van der Waals surface area contributed by atoms with Crippen molar-refractivity contribution in [3.05, 3.63) is 96.6 Å². The number of quaternary nitrogens is 1. The number of nitrogens with one attached hydrogen (secondary N) is 1. The Balaban J connectivity index is 0.000000517. The van der Waals surface area contributed by atoms with Gasteiger partial charge in [0.05, 0.1) is 26.2 Å². The quantitative estimate of drug-likeness (QED) is 0.210. The number of nitrogens with zero attached hydrogens (tertiary/aromatic N) is 1. The SMILES string of the molecule is O=C(O[C@H]1C[N+]2(CCCOc3ccccc3)CCC1CC2)C(Nc1ccccc1)c1ccccc1.O=C([O-])C(F)(F)F. The number of aliphatic carboxylic acids is 1. The first-order valence-electron chi connectivity index (χ1n) is 14.0. The molecule has 3 aromatic rings. The van der Waals surface area contributed by atoms with Crippen molar-refractivity contribution in [1.82, 2.24) is 0 Å². The average Bonchev–Trinajstić information content (AvgIpc) is 3.00. The number of ether oxygens (including phenoxy) is 2.